The summed E-state index contributed by atoms with van der Waals surface area (Å²) in [6.45, 7) is 6.17. The van der Waals surface area contributed by atoms with Crippen molar-refractivity contribution in [3.8, 4) is 0 Å². The Bertz CT molecular complexity index is 350. The fourth-order valence-electron chi connectivity index (χ4n) is 2.04. The largest absolute Gasteiger partial charge is 0.390 e. The van der Waals surface area contributed by atoms with Gasteiger partial charge in [-0.2, -0.15) is 0 Å². The van der Waals surface area contributed by atoms with Crippen molar-refractivity contribution in [1.29, 1.82) is 0 Å². The monoisotopic (exact) mass is 282 g/mol. The van der Waals surface area contributed by atoms with Crippen LogP contribution in [0, 0.1) is 0 Å². The summed E-state index contributed by atoms with van der Waals surface area (Å²) in [5, 5.41) is 19.5. The highest BCUT2D eigenvalue weighted by molar-refractivity contribution is 7.99. The van der Waals surface area contributed by atoms with Gasteiger partial charge in [-0.05, 0) is 48.6 Å². The first-order valence-corrected chi connectivity index (χ1v) is 8.15. The van der Waals surface area contributed by atoms with Crippen LogP contribution in [-0.2, 0) is 0 Å². The quantitative estimate of drug-likeness (QED) is 0.712. The van der Waals surface area contributed by atoms with Gasteiger partial charge in [0.25, 0.3) is 0 Å². The van der Waals surface area contributed by atoms with E-state index in [1.165, 1.54) is 16.9 Å². The Morgan fingerprint density at radius 1 is 1.05 bits per heavy atom. The van der Waals surface area contributed by atoms with Crippen LogP contribution < -0.4 is 0 Å². The molecule has 0 aromatic heterocycles. The molecule has 0 bridgehead atoms. The maximum atomic E-state index is 9.87. The number of aliphatic hydroxyl groups excluding tert-OH is 2. The van der Waals surface area contributed by atoms with Crippen molar-refractivity contribution in [2.45, 2.75) is 63.1 Å². The smallest absolute Gasteiger partial charge is 0.0804 e. The number of hydrogen-bond donors (Lipinski definition) is 2. The lowest BCUT2D eigenvalue weighted by molar-refractivity contribution is 0.00953. The van der Waals surface area contributed by atoms with Crippen molar-refractivity contribution < 1.29 is 10.2 Å². The van der Waals surface area contributed by atoms with Crippen molar-refractivity contribution in [2.24, 2.45) is 0 Å². The molecule has 2 nitrogen and oxygen atoms in total. The van der Waals surface area contributed by atoms with Gasteiger partial charge in [-0.15, -0.1) is 11.8 Å². The van der Waals surface area contributed by atoms with Crippen LogP contribution in [0.25, 0.3) is 0 Å². The molecule has 0 saturated heterocycles. The Morgan fingerprint density at radius 2 is 1.68 bits per heavy atom. The highest BCUT2D eigenvalue weighted by Gasteiger charge is 2.18. The molecule has 3 atom stereocenters. The Kier molecular flexibility index (Phi) is 7.51. The zero-order valence-electron chi connectivity index (χ0n) is 12.2. The molecule has 0 heterocycles. The Labute approximate surface area is 121 Å². The van der Waals surface area contributed by atoms with E-state index in [0.29, 0.717) is 12.8 Å². The summed E-state index contributed by atoms with van der Waals surface area (Å²) in [5.41, 5.74) is 1.23. The van der Waals surface area contributed by atoms with Gasteiger partial charge in [0, 0.05) is 4.90 Å². The van der Waals surface area contributed by atoms with Gasteiger partial charge < -0.3 is 10.2 Å². The minimum atomic E-state index is -0.630. The van der Waals surface area contributed by atoms with Gasteiger partial charge >= 0.3 is 0 Å². The van der Waals surface area contributed by atoms with Crippen molar-refractivity contribution in [3.05, 3.63) is 29.8 Å². The first kappa shape index (κ1) is 16.5. The van der Waals surface area contributed by atoms with Gasteiger partial charge in [-0.25, -0.2) is 0 Å². The molecule has 0 radical (unpaired) electrons. The summed E-state index contributed by atoms with van der Waals surface area (Å²) in [6.07, 6.45) is 1.15. The summed E-state index contributed by atoms with van der Waals surface area (Å²) >= 11 is 1.87. The number of rotatable bonds is 8. The van der Waals surface area contributed by atoms with Crippen LogP contribution in [0.2, 0.25) is 0 Å². The molecule has 0 aliphatic rings. The average Bonchev–Trinajstić information content (AvgIpc) is 2.44. The lowest BCUT2D eigenvalue weighted by atomic mass is 9.92. The van der Waals surface area contributed by atoms with E-state index in [-0.39, 0.29) is 5.92 Å². The number of aliphatic hydroxyl groups is 2. The van der Waals surface area contributed by atoms with Crippen LogP contribution >= 0.6 is 11.8 Å². The van der Waals surface area contributed by atoms with Crippen molar-refractivity contribution in [3.63, 3.8) is 0 Å². The molecule has 0 saturated carbocycles. The third-order valence-corrected chi connectivity index (χ3v) is 4.60. The molecule has 1 rings (SSSR count). The molecular weight excluding hydrogens is 256 g/mol. The van der Waals surface area contributed by atoms with Gasteiger partial charge in [-0.1, -0.05) is 32.9 Å². The molecule has 0 amide bonds. The van der Waals surface area contributed by atoms with Gasteiger partial charge in [-0.3, -0.25) is 0 Å². The lowest BCUT2D eigenvalue weighted by Crippen LogP contribution is -2.26. The number of thioether (sulfide) groups is 1. The van der Waals surface area contributed by atoms with Gasteiger partial charge in [0.05, 0.1) is 12.2 Å². The second kappa shape index (κ2) is 8.62. The van der Waals surface area contributed by atoms with Crippen LogP contribution in [0.1, 0.15) is 51.5 Å². The van der Waals surface area contributed by atoms with E-state index in [2.05, 4.69) is 38.1 Å². The third kappa shape index (κ3) is 5.55. The number of hydrogen-bond acceptors (Lipinski definition) is 3. The van der Waals surface area contributed by atoms with Crippen LogP contribution in [0.4, 0.5) is 0 Å². The summed E-state index contributed by atoms with van der Waals surface area (Å²) in [6, 6.07) is 8.56. The van der Waals surface area contributed by atoms with Crippen LogP contribution in [0.5, 0.6) is 0 Å². The Hall–Kier alpha value is -0.510. The van der Waals surface area contributed by atoms with E-state index in [0.717, 1.165) is 5.75 Å². The topological polar surface area (TPSA) is 40.5 Å². The summed E-state index contributed by atoms with van der Waals surface area (Å²) < 4.78 is 0. The molecule has 19 heavy (non-hydrogen) atoms. The highest BCUT2D eigenvalue weighted by atomic mass is 32.2. The third-order valence-electron chi connectivity index (χ3n) is 3.38. The molecule has 0 fully saturated rings. The molecule has 108 valence electrons. The second-order valence-corrected chi connectivity index (χ2v) is 6.27. The Morgan fingerprint density at radius 3 is 2.21 bits per heavy atom. The molecule has 1 aromatic carbocycles. The zero-order valence-corrected chi connectivity index (χ0v) is 13.0. The van der Waals surface area contributed by atoms with E-state index < -0.39 is 12.2 Å². The average molecular weight is 282 g/mol. The SMILES string of the molecule is CCCSc1ccc(C(C)CC(O)C(O)CC)cc1. The molecule has 0 aliphatic heterocycles. The van der Waals surface area contributed by atoms with E-state index in [9.17, 15) is 10.2 Å². The van der Waals surface area contributed by atoms with Crippen molar-refractivity contribution in [2.75, 3.05) is 5.75 Å². The van der Waals surface area contributed by atoms with Gasteiger partial charge in [0.1, 0.15) is 0 Å². The molecular formula is C16H26O2S. The van der Waals surface area contributed by atoms with Crippen LogP contribution in [0.15, 0.2) is 29.2 Å². The minimum Gasteiger partial charge on any atom is -0.390 e. The number of benzene rings is 1. The molecule has 2 N–H and O–H groups in total. The van der Waals surface area contributed by atoms with E-state index >= 15 is 0 Å². The first-order chi connectivity index (χ1) is 9.08. The predicted molar refractivity (Wildman–Crippen MR) is 82.8 cm³/mol. The standard InChI is InChI=1S/C16H26O2S/c1-4-10-19-14-8-6-13(7-9-14)12(3)11-16(18)15(17)5-2/h6-9,12,15-18H,4-5,10-11H2,1-3H3. The molecule has 1 aromatic rings. The van der Waals surface area contributed by atoms with Crippen LogP contribution in [-0.4, -0.2) is 28.2 Å². The van der Waals surface area contributed by atoms with Crippen LogP contribution in [0.3, 0.4) is 0 Å². The molecule has 3 heteroatoms. The van der Waals surface area contributed by atoms with Gasteiger partial charge in [0.15, 0.2) is 0 Å². The normalized spacial score (nSPS) is 16.1. The van der Waals surface area contributed by atoms with E-state index in [1.54, 1.807) is 0 Å². The molecule has 3 unspecified atom stereocenters. The summed E-state index contributed by atoms with van der Waals surface area (Å²) in [5.74, 6) is 1.41. The fourth-order valence-corrected chi connectivity index (χ4v) is 2.81. The maximum absolute atomic E-state index is 9.87. The summed E-state index contributed by atoms with van der Waals surface area (Å²) in [7, 11) is 0. The Balaban J connectivity index is 2.55. The lowest BCUT2D eigenvalue weighted by Gasteiger charge is -2.20. The molecule has 0 aliphatic carbocycles. The molecule has 0 spiro atoms. The summed E-state index contributed by atoms with van der Waals surface area (Å²) in [4.78, 5) is 1.30. The minimum absolute atomic E-state index is 0.265. The highest BCUT2D eigenvalue weighted by Crippen LogP contribution is 2.25. The zero-order chi connectivity index (χ0) is 14.3. The van der Waals surface area contributed by atoms with Crippen molar-refractivity contribution >= 4 is 11.8 Å². The van der Waals surface area contributed by atoms with Crippen molar-refractivity contribution in [1.82, 2.24) is 0 Å². The maximum Gasteiger partial charge on any atom is 0.0804 e. The van der Waals surface area contributed by atoms with E-state index in [1.807, 2.05) is 18.7 Å². The predicted octanol–water partition coefficient (Wildman–Crippen LogP) is 3.81. The van der Waals surface area contributed by atoms with Gasteiger partial charge in [0.2, 0.25) is 0 Å². The fraction of sp³-hybridized carbons (Fsp3) is 0.625. The van der Waals surface area contributed by atoms with E-state index in [4.69, 9.17) is 0 Å². The first-order valence-electron chi connectivity index (χ1n) is 7.17. The second-order valence-electron chi connectivity index (χ2n) is 5.10.